The van der Waals surface area contributed by atoms with Gasteiger partial charge in [-0.15, -0.1) is 0 Å². The number of nitrogens with one attached hydrogen (secondary N) is 1. The van der Waals surface area contributed by atoms with E-state index in [9.17, 15) is 4.79 Å². The van der Waals surface area contributed by atoms with Crippen molar-refractivity contribution in [2.24, 2.45) is 5.92 Å². The Labute approximate surface area is 141 Å². The molecule has 1 aliphatic heterocycles. The molecule has 1 aliphatic carbocycles. The molecule has 1 fully saturated rings. The second-order valence-corrected chi connectivity index (χ2v) is 6.70. The van der Waals surface area contributed by atoms with Crippen molar-refractivity contribution in [3.63, 3.8) is 0 Å². The molecule has 5 nitrogen and oxygen atoms in total. The number of ether oxygens (including phenoxy) is 1. The molecule has 1 atom stereocenters. The smallest absolute Gasteiger partial charge is 0.254 e. The van der Waals surface area contributed by atoms with Gasteiger partial charge in [0, 0.05) is 24.6 Å². The molecule has 1 N–H and O–H groups in total. The third-order valence-electron chi connectivity index (χ3n) is 4.69. The first-order valence-electron chi connectivity index (χ1n) is 8.53. The lowest BCUT2D eigenvalue weighted by molar-refractivity contribution is 0.0937. The fourth-order valence-corrected chi connectivity index (χ4v) is 3.10. The molecule has 5 heteroatoms. The minimum Gasteiger partial charge on any atom is -0.493 e. The van der Waals surface area contributed by atoms with Gasteiger partial charge in [0.25, 0.3) is 5.91 Å². The number of rotatable bonds is 4. The van der Waals surface area contributed by atoms with Gasteiger partial charge >= 0.3 is 0 Å². The summed E-state index contributed by atoms with van der Waals surface area (Å²) in [5, 5.41) is 3.01. The molecule has 2 aliphatic rings. The summed E-state index contributed by atoms with van der Waals surface area (Å²) in [4.78, 5) is 21.3. The molecule has 4 rings (SSSR count). The first-order chi connectivity index (χ1) is 11.7. The number of fused-ring (bicyclic) bond motifs is 1. The van der Waals surface area contributed by atoms with Gasteiger partial charge in [-0.05, 0) is 37.8 Å². The Morgan fingerprint density at radius 1 is 1.33 bits per heavy atom. The number of carbonyl (C=O) groups is 1. The summed E-state index contributed by atoms with van der Waals surface area (Å²) in [5.74, 6) is 2.52. The highest BCUT2D eigenvalue weighted by Crippen LogP contribution is 2.37. The van der Waals surface area contributed by atoms with E-state index in [-0.39, 0.29) is 11.8 Å². The Morgan fingerprint density at radius 2 is 2.17 bits per heavy atom. The number of hydrogen-bond donors (Lipinski definition) is 1. The summed E-state index contributed by atoms with van der Waals surface area (Å²) in [5.41, 5.74) is 2.53. The van der Waals surface area contributed by atoms with Crippen LogP contribution in [0.1, 0.15) is 46.2 Å². The summed E-state index contributed by atoms with van der Waals surface area (Å²) in [7, 11) is 0. The van der Waals surface area contributed by atoms with Gasteiger partial charge in [-0.3, -0.25) is 4.79 Å². The van der Waals surface area contributed by atoms with Crippen molar-refractivity contribution in [3.05, 3.63) is 53.1 Å². The molecule has 1 aromatic heterocycles. The SMILES string of the molecule is Cc1nc(C2CC2)ncc1C(=O)NCC1COc2ccccc2C1. The second kappa shape index (κ2) is 6.23. The lowest BCUT2D eigenvalue weighted by Crippen LogP contribution is -2.35. The summed E-state index contributed by atoms with van der Waals surface area (Å²) < 4.78 is 5.77. The number of nitrogens with zero attached hydrogens (tertiary/aromatic N) is 2. The predicted molar refractivity (Wildman–Crippen MR) is 90.2 cm³/mol. The van der Waals surface area contributed by atoms with Crippen LogP contribution in [0.15, 0.2) is 30.5 Å². The van der Waals surface area contributed by atoms with E-state index in [4.69, 9.17) is 4.74 Å². The lowest BCUT2D eigenvalue weighted by Gasteiger charge is -2.25. The first kappa shape index (κ1) is 15.1. The third kappa shape index (κ3) is 3.11. The van der Waals surface area contributed by atoms with Crippen molar-refractivity contribution in [3.8, 4) is 5.75 Å². The summed E-state index contributed by atoms with van der Waals surface area (Å²) >= 11 is 0. The van der Waals surface area contributed by atoms with E-state index in [1.807, 2.05) is 25.1 Å². The predicted octanol–water partition coefficient (Wildman–Crippen LogP) is 2.64. The van der Waals surface area contributed by atoms with Crippen molar-refractivity contribution in [1.82, 2.24) is 15.3 Å². The van der Waals surface area contributed by atoms with Crippen molar-refractivity contribution < 1.29 is 9.53 Å². The number of hydrogen-bond acceptors (Lipinski definition) is 4. The van der Waals surface area contributed by atoms with Crippen LogP contribution in [0.3, 0.4) is 0 Å². The molecule has 124 valence electrons. The monoisotopic (exact) mass is 323 g/mol. The van der Waals surface area contributed by atoms with E-state index in [1.165, 1.54) is 5.56 Å². The van der Waals surface area contributed by atoms with E-state index >= 15 is 0 Å². The second-order valence-electron chi connectivity index (χ2n) is 6.70. The zero-order chi connectivity index (χ0) is 16.5. The Bertz CT molecular complexity index is 771. The van der Waals surface area contributed by atoms with Crippen LogP contribution in [0.5, 0.6) is 5.75 Å². The van der Waals surface area contributed by atoms with Crippen molar-refractivity contribution in [2.45, 2.75) is 32.1 Å². The van der Waals surface area contributed by atoms with Crippen molar-refractivity contribution >= 4 is 5.91 Å². The molecule has 0 spiro atoms. The Morgan fingerprint density at radius 3 is 2.96 bits per heavy atom. The van der Waals surface area contributed by atoms with Crippen molar-refractivity contribution in [2.75, 3.05) is 13.2 Å². The summed E-state index contributed by atoms with van der Waals surface area (Å²) in [6.45, 7) is 3.10. The van der Waals surface area contributed by atoms with Crippen LogP contribution in [0, 0.1) is 12.8 Å². The van der Waals surface area contributed by atoms with Crippen molar-refractivity contribution in [1.29, 1.82) is 0 Å². The standard InChI is InChI=1S/C19H21N3O2/c1-12-16(10-20-18(22-12)14-6-7-14)19(23)21-9-13-8-15-4-2-3-5-17(15)24-11-13/h2-5,10,13-14H,6-9,11H2,1H3,(H,21,23). The zero-order valence-corrected chi connectivity index (χ0v) is 13.8. The molecule has 0 saturated heterocycles. The van der Waals surface area contributed by atoms with E-state index in [1.54, 1.807) is 6.20 Å². The number of aryl methyl sites for hydroxylation is 1. The van der Waals surface area contributed by atoms with Gasteiger partial charge in [0.1, 0.15) is 11.6 Å². The Hall–Kier alpha value is -2.43. The molecule has 1 saturated carbocycles. The molecule has 2 heterocycles. The Kier molecular flexibility index (Phi) is 3.92. The van der Waals surface area contributed by atoms with Gasteiger partial charge in [-0.2, -0.15) is 0 Å². The van der Waals surface area contributed by atoms with E-state index in [2.05, 4.69) is 21.4 Å². The number of aromatic nitrogens is 2. The van der Waals surface area contributed by atoms with Gasteiger partial charge in [-0.25, -0.2) is 9.97 Å². The minimum absolute atomic E-state index is 0.103. The fourth-order valence-electron chi connectivity index (χ4n) is 3.10. The molecule has 0 bridgehead atoms. The molecular weight excluding hydrogens is 302 g/mol. The van der Waals surface area contributed by atoms with E-state index < -0.39 is 0 Å². The maximum Gasteiger partial charge on any atom is 0.254 e. The lowest BCUT2D eigenvalue weighted by atomic mass is 9.96. The van der Waals surface area contributed by atoms with Gasteiger partial charge in [0.2, 0.25) is 0 Å². The highest BCUT2D eigenvalue weighted by atomic mass is 16.5. The van der Waals surface area contributed by atoms with Gasteiger partial charge in [0.05, 0.1) is 17.9 Å². The van der Waals surface area contributed by atoms with Gasteiger partial charge in [0.15, 0.2) is 0 Å². The normalized spacial score (nSPS) is 19.3. The number of carbonyl (C=O) groups excluding carboxylic acids is 1. The fraction of sp³-hybridized carbons (Fsp3) is 0.421. The van der Waals surface area contributed by atoms with Crippen LogP contribution in [-0.4, -0.2) is 29.0 Å². The average Bonchev–Trinajstić information content (AvgIpc) is 3.44. The largest absolute Gasteiger partial charge is 0.493 e. The molecule has 0 radical (unpaired) electrons. The molecule has 2 aromatic rings. The van der Waals surface area contributed by atoms with E-state index in [0.717, 1.165) is 36.5 Å². The number of benzene rings is 1. The van der Waals surface area contributed by atoms with Gasteiger partial charge in [-0.1, -0.05) is 18.2 Å². The summed E-state index contributed by atoms with van der Waals surface area (Å²) in [6, 6.07) is 8.07. The molecular formula is C19H21N3O2. The minimum atomic E-state index is -0.103. The summed E-state index contributed by atoms with van der Waals surface area (Å²) in [6.07, 6.45) is 4.91. The molecule has 1 unspecified atom stereocenters. The molecule has 1 amide bonds. The van der Waals surface area contributed by atoms with Crippen LogP contribution in [0.4, 0.5) is 0 Å². The number of para-hydroxylation sites is 1. The van der Waals surface area contributed by atoms with E-state index in [0.29, 0.717) is 24.6 Å². The quantitative estimate of drug-likeness (QED) is 0.939. The third-order valence-corrected chi connectivity index (χ3v) is 4.69. The average molecular weight is 323 g/mol. The molecule has 1 aromatic carbocycles. The zero-order valence-electron chi connectivity index (χ0n) is 13.8. The van der Waals surface area contributed by atoms with Crippen LogP contribution in [0.2, 0.25) is 0 Å². The molecule has 24 heavy (non-hydrogen) atoms. The highest BCUT2D eigenvalue weighted by molar-refractivity contribution is 5.94. The Balaban J connectivity index is 1.37. The maximum atomic E-state index is 12.4. The van der Waals surface area contributed by atoms with Crippen LogP contribution in [-0.2, 0) is 6.42 Å². The first-order valence-corrected chi connectivity index (χ1v) is 8.53. The topological polar surface area (TPSA) is 64.1 Å². The van der Waals surface area contributed by atoms with Gasteiger partial charge < -0.3 is 10.1 Å². The van der Waals surface area contributed by atoms with Crippen LogP contribution in [0.25, 0.3) is 0 Å². The highest BCUT2D eigenvalue weighted by Gasteiger charge is 2.27. The van der Waals surface area contributed by atoms with Crippen LogP contribution >= 0.6 is 0 Å². The van der Waals surface area contributed by atoms with Crippen LogP contribution < -0.4 is 10.1 Å². The maximum absolute atomic E-state index is 12.4. The number of amides is 1.